The Morgan fingerprint density at radius 3 is 2.79 bits per heavy atom. The van der Waals surface area contributed by atoms with Crippen molar-refractivity contribution in [3.05, 3.63) is 42.1 Å². The number of aromatic nitrogens is 2. The Balaban J connectivity index is 2.13. The normalized spacial score (nSPS) is 9.95. The molecule has 1 aromatic carbocycles. The predicted molar refractivity (Wildman–Crippen MR) is 70.1 cm³/mol. The van der Waals surface area contributed by atoms with Crippen LogP contribution in [0.3, 0.4) is 0 Å². The summed E-state index contributed by atoms with van der Waals surface area (Å²) in [6.45, 7) is 0.156. The smallest absolute Gasteiger partial charge is 0.323 e. The van der Waals surface area contributed by atoms with E-state index in [1.165, 1.54) is 7.05 Å². The molecule has 2 rings (SSSR count). The van der Waals surface area contributed by atoms with Gasteiger partial charge in [-0.1, -0.05) is 30.3 Å². The highest BCUT2D eigenvalue weighted by Crippen LogP contribution is 2.17. The summed E-state index contributed by atoms with van der Waals surface area (Å²) in [7, 11) is 1.47. The van der Waals surface area contributed by atoms with Crippen LogP contribution in [0.25, 0.3) is 11.3 Å². The molecular formula is C13H14N4O2. The van der Waals surface area contributed by atoms with Crippen LogP contribution in [-0.4, -0.2) is 34.6 Å². The van der Waals surface area contributed by atoms with Gasteiger partial charge in [-0.3, -0.25) is 14.8 Å². The van der Waals surface area contributed by atoms with E-state index >= 15 is 0 Å². The molecule has 1 aromatic heterocycles. The van der Waals surface area contributed by atoms with Gasteiger partial charge in [0.25, 0.3) is 0 Å². The van der Waals surface area contributed by atoms with Crippen LogP contribution in [0.15, 0.2) is 36.4 Å². The molecule has 6 heteroatoms. The molecule has 0 unspecified atom stereocenters. The number of benzene rings is 1. The third-order valence-electron chi connectivity index (χ3n) is 2.64. The van der Waals surface area contributed by atoms with Gasteiger partial charge < -0.3 is 5.32 Å². The number of urea groups is 1. The van der Waals surface area contributed by atoms with Crippen molar-refractivity contribution < 1.29 is 9.59 Å². The number of nitrogens with one attached hydrogen (secondary N) is 2. The molecule has 0 saturated heterocycles. The molecule has 0 aliphatic carbocycles. The first-order valence-corrected chi connectivity index (χ1v) is 5.78. The van der Waals surface area contributed by atoms with Crippen LogP contribution in [-0.2, 0) is 11.3 Å². The summed E-state index contributed by atoms with van der Waals surface area (Å²) in [6.07, 6.45) is 0.488. The Hall–Kier alpha value is -2.63. The average Bonchev–Trinajstić information content (AvgIpc) is 2.93. The Labute approximate surface area is 110 Å². The van der Waals surface area contributed by atoms with E-state index in [1.807, 2.05) is 36.4 Å². The van der Waals surface area contributed by atoms with E-state index in [4.69, 9.17) is 0 Å². The predicted octanol–water partition coefficient (Wildman–Crippen LogP) is 1.37. The number of imide groups is 1. The third kappa shape index (κ3) is 2.98. The minimum absolute atomic E-state index is 0.156. The molecule has 3 amide bonds. The highest BCUT2D eigenvalue weighted by molar-refractivity contribution is 5.84. The number of rotatable bonds is 4. The average molecular weight is 258 g/mol. The van der Waals surface area contributed by atoms with E-state index in [0.717, 1.165) is 16.2 Å². The summed E-state index contributed by atoms with van der Waals surface area (Å²) >= 11 is 0. The Kier molecular flexibility index (Phi) is 3.92. The minimum atomic E-state index is -0.453. The number of carbonyl (C=O) groups is 2. The number of carbonyl (C=O) groups excluding carboxylic acids is 2. The molecule has 98 valence electrons. The quantitative estimate of drug-likeness (QED) is 0.813. The number of aromatic amines is 1. The highest BCUT2D eigenvalue weighted by Gasteiger charge is 2.13. The highest BCUT2D eigenvalue weighted by atomic mass is 16.2. The summed E-state index contributed by atoms with van der Waals surface area (Å²) in [4.78, 5) is 23.2. The monoisotopic (exact) mass is 258 g/mol. The van der Waals surface area contributed by atoms with Crippen LogP contribution >= 0.6 is 0 Å². The summed E-state index contributed by atoms with van der Waals surface area (Å²) in [5.74, 6) is 0. The number of H-pyrrole nitrogens is 1. The van der Waals surface area contributed by atoms with E-state index in [0.29, 0.717) is 12.1 Å². The molecule has 0 bridgehead atoms. The molecule has 0 atom stereocenters. The summed E-state index contributed by atoms with van der Waals surface area (Å²) < 4.78 is 0. The van der Waals surface area contributed by atoms with Gasteiger partial charge in [-0.2, -0.15) is 5.10 Å². The van der Waals surface area contributed by atoms with Crippen LogP contribution in [0.4, 0.5) is 4.79 Å². The van der Waals surface area contributed by atoms with Crippen LogP contribution < -0.4 is 5.32 Å². The molecule has 2 aromatic rings. The molecule has 0 aliphatic rings. The van der Waals surface area contributed by atoms with E-state index in [9.17, 15) is 9.59 Å². The summed E-state index contributed by atoms with van der Waals surface area (Å²) in [5.41, 5.74) is 2.44. The standard InChI is InChI=1S/C13H14N4O2/c1-14-13(19)17(9-18)8-11-7-12(16-15-11)10-5-3-2-4-6-10/h2-7,9H,8H2,1H3,(H,14,19)(H,15,16). The lowest BCUT2D eigenvalue weighted by Crippen LogP contribution is -2.36. The fourth-order valence-electron chi connectivity index (χ4n) is 1.68. The molecule has 6 nitrogen and oxygen atoms in total. The number of hydrogen-bond donors (Lipinski definition) is 2. The van der Waals surface area contributed by atoms with Crippen molar-refractivity contribution in [2.75, 3.05) is 7.05 Å². The van der Waals surface area contributed by atoms with Crippen molar-refractivity contribution in [1.82, 2.24) is 20.4 Å². The van der Waals surface area contributed by atoms with E-state index in [2.05, 4.69) is 15.5 Å². The van der Waals surface area contributed by atoms with Crippen molar-refractivity contribution in [3.63, 3.8) is 0 Å². The molecule has 19 heavy (non-hydrogen) atoms. The molecular weight excluding hydrogens is 244 g/mol. The minimum Gasteiger partial charge on any atom is -0.341 e. The molecule has 0 aliphatic heterocycles. The van der Waals surface area contributed by atoms with Crippen molar-refractivity contribution >= 4 is 12.4 Å². The maximum atomic E-state index is 11.4. The van der Waals surface area contributed by atoms with Gasteiger partial charge in [0.05, 0.1) is 17.9 Å². The van der Waals surface area contributed by atoms with Gasteiger partial charge in [-0.25, -0.2) is 4.79 Å². The second kappa shape index (κ2) is 5.81. The summed E-state index contributed by atoms with van der Waals surface area (Å²) in [5, 5.41) is 9.37. The Morgan fingerprint density at radius 1 is 1.42 bits per heavy atom. The van der Waals surface area contributed by atoms with Gasteiger partial charge >= 0.3 is 6.03 Å². The zero-order chi connectivity index (χ0) is 13.7. The first-order chi connectivity index (χ1) is 9.24. The molecule has 1 heterocycles. The van der Waals surface area contributed by atoms with Gasteiger partial charge in [-0.15, -0.1) is 0 Å². The van der Waals surface area contributed by atoms with Crippen LogP contribution in [0.2, 0.25) is 0 Å². The Bertz CT molecular complexity index is 565. The second-order valence-electron chi connectivity index (χ2n) is 3.93. The molecule has 0 spiro atoms. The number of hydrogen-bond acceptors (Lipinski definition) is 3. The van der Waals surface area contributed by atoms with Gasteiger partial charge in [-0.05, 0) is 6.07 Å². The van der Waals surface area contributed by atoms with Crippen molar-refractivity contribution in [2.24, 2.45) is 0 Å². The third-order valence-corrected chi connectivity index (χ3v) is 2.64. The van der Waals surface area contributed by atoms with Crippen LogP contribution in [0.5, 0.6) is 0 Å². The van der Waals surface area contributed by atoms with E-state index in [1.54, 1.807) is 0 Å². The lowest BCUT2D eigenvalue weighted by molar-refractivity contribution is -0.116. The van der Waals surface area contributed by atoms with Crippen molar-refractivity contribution in [2.45, 2.75) is 6.54 Å². The number of nitrogens with zero attached hydrogens (tertiary/aromatic N) is 2. The van der Waals surface area contributed by atoms with Crippen LogP contribution in [0.1, 0.15) is 5.69 Å². The molecule has 0 saturated carbocycles. The maximum absolute atomic E-state index is 11.4. The number of amides is 3. The van der Waals surface area contributed by atoms with Crippen molar-refractivity contribution in [3.8, 4) is 11.3 Å². The van der Waals surface area contributed by atoms with E-state index < -0.39 is 6.03 Å². The fraction of sp³-hybridized carbons (Fsp3) is 0.154. The van der Waals surface area contributed by atoms with Crippen molar-refractivity contribution in [1.29, 1.82) is 0 Å². The first kappa shape index (κ1) is 12.8. The molecule has 2 N–H and O–H groups in total. The first-order valence-electron chi connectivity index (χ1n) is 5.78. The lowest BCUT2D eigenvalue weighted by atomic mass is 10.1. The molecule has 0 radical (unpaired) electrons. The zero-order valence-electron chi connectivity index (χ0n) is 10.5. The van der Waals surface area contributed by atoms with Gasteiger partial charge in [0.15, 0.2) is 0 Å². The molecule has 0 fully saturated rings. The summed E-state index contributed by atoms with van der Waals surface area (Å²) in [6, 6.07) is 11.0. The van der Waals surface area contributed by atoms with Gasteiger partial charge in [0.2, 0.25) is 6.41 Å². The lowest BCUT2D eigenvalue weighted by Gasteiger charge is -2.12. The zero-order valence-corrected chi connectivity index (χ0v) is 10.5. The largest absolute Gasteiger partial charge is 0.341 e. The van der Waals surface area contributed by atoms with E-state index in [-0.39, 0.29) is 6.54 Å². The maximum Gasteiger partial charge on any atom is 0.323 e. The van der Waals surface area contributed by atoms with Gasteiger partial charge in [0.1, 0.15) is 0 Å². The van der Waals surface area contributed by atoms with Gasteiger partial charge in [0, 0.05) is 12.6 Å². The fourth-order valence-corrected chi connectivity index (χ4v) is 1.68. The topological polar surface area (TPSA) is 78.1 Å². The SMILES string of the molecule is CNC(=O)N(C=O)Cc1cc(-c2ccccc2)n[nH]1. The Morgan fingerprint density at radius 2 is 2.16 bits per heavy atom. The second-order valence-corrected chi connectivity index (χ2v) is 3.93. The van der Waals surface area contributed by atoms with Crippen LogP contribution in [0, 0.1) is 0 Å².